The van der Waals surface area contributed by atoms with Crippen LogP contribution in [0.5, 0.6) is 0 Å². The van der Waals surface area contributed by atoms with Gasteiger partial charge in [-0.05, 0) is 113 Å². The van der Waals surface area contributed by atoms with Crippen LogP contribution in [0.4, 0.5) is 0 Å². The highest BCUT2D eigenvalue weighted by Gasteiger charge is 2.46. The molecule has 14 atom stereocenters. The minimum Gasteiger partial charge on any atom is -0.390 e. The summed E-state index contributed by atoms with van der Waals surface area (Å²) in [6.07, 6.45) is 3.64. The third-order valence-electron chi connectivity index (χ3n) is 20.3. The van der Waals surface area contributed by atoms with Gasteiger partial charge in [-0.25, -0.2) is 0 Å². The third kappa shape index (κ3) is 23.8. The molecule has 22 nitrogen and oxygen atoms in total. The largest absolute Gasteiger partial charge is 0.390 e. The summed E-state index contributed by atoms with van der Waals surface area (Å²) < 4.78 is 0. The van der Waals surface area contributed by atoms with Crippen LogP contribution in [-0.2, 0) is 52.7 Å². The van der Waals surface area contributed by atoms with Crippen molar-refractivity contribution < 1.29 is 57.8 Å². The molecule has 2 aliphatic rings. The molecule has 2 N–H and O–H groups in total. The molecule has 0 saturated carbocycles. The first-order chi connectivity index (χ1) is 44.1. The summed E-state index contributed by atoms with van der Waals surface area (Å²) in [6.45, 7) is 38.2. The number of allylic oxidation sites excluding steroid dienone is 2. The summed E-state index contributed by atoms with van der Waals surface area (Å²) in [5.41, 5.74) is 0. The van der Waals surface area contributed by atoms with E-state index in [1.54, 1.807) is 61.6 Å². The minimum absolute atomic E-state index is 0.0298. The number of hydrogen-bond donors (Lipinski definition) is 2. The number of likely N-dealkylation sites (N-methyl/N-ethyl adjacent to an activating group) is 8. The Morgan fingerprint density at radius 3 is 1.43 bits per heavy atom. The van der Waals surface area contributed by atoms with Crippen molar-refractivity contribution >= 4 is 64.6 Å². The van der Waals surface area contributed by atoms with Crippen LogP contribution in [0.1, 0.15) is 189 Å². The van der Waals surface area contributed by atoms with Crippen molar-refractivity contribution in [1.29, 1.82) is 0 Å². The monoisotopic (exact) mass is 1340 g/mol. The summed E-state index contributed by atoms with van der Waals surface area (Å²) in [7, 11) is 10.4. The second-order valence-corrected chi connectivity index (χ2v) is 30.1. The van der Waals surface area contributed by atoms with Gasteiger partial charge in [0.05, 0.1) is 18.2 Å². The Bertz CT molecular complexity index is 2580. The second kappa shape index (κ2) is 39.7. The zero-order valence-corrected chi connectivity index (χ0v) is 63.4. The second-order valence-electron chi connectivity index (χ2n) is 30.1. The molecular weight excluding hydrogens is 1210 g/mol. The number of carbonyl (C=O) groups excluding carboxylic acids is 11. The SMILES string of the molecule is C/C=C/C[C@@H](C)[C@@H](O)[C@H]1C(=O)N[C@@H](CC)C(=O)N(C)[C@H](C)C(=O)N(C)C([C@H](C)CCCN2CCN(CC)CC2)C(=O)C[C@@H](C(C)C)C(=O)N(C)[C@@H](CC(C)C)C(=O)C[C@@H](C)C(=O)C[C@H](C)C(=O)N(C)[C@@H](CC(C)C)C(=O)N(C)[C@@H](CC(C)C)C(=O)N(C)[C@@H](C(C)C)C(=O)N1C. The van der Waals surface area contributed by atoms with Gasteiger partial charge < -0.3 is 54.5 Å². The maximum Gasteiger partial charge on any atom is 0.246 e. The van der Waals surface area contributed by atoms with Crippen molar-refractivity contribution in [1.82, 2.24) is 49.4 Å². The normalized spacial score (nSPS) is 28.1. The van der Waals surface area contributed by atoms with Crippen molar-refractivity contribution in [2.45, 2.75) is 243 Å². The molecule has 544 valence electrons. The number of carbonyl (C=O) groups is 11. The minimum atomic E-state index is -1.61. The highest BCUT2D eigenvalue weighted by Crippen LogP contribution is 2.30. The Hall–Kier alpha value is -5.61. The Labute approximate surface area is 572 Å². The summed E-state index contributed by atoms with van der Waals surface area (Å²) in [5, 5.41) is 15.1. The molecular formula is C73H130N10O12. The first-order valence-electron chi connectivity index (χ1n) is 35.6. The first-order valence-corrected chi connectivity index (χ1v) is 35.6. The molecule has 1 unspecified atom stereocenters. The lowest BCUT2D eigenvalue weighted by Crippen LogP contribution is -2.63. The number of piperazine rings is 1. The van der Waals surface area contributed by atoms with Crippen molar-refractivity contribution in [2.24, 2.45) is 59.2 Å². The zero-order chi connectivity index (χ0) is 73.0. The van der Waals surface area contributed by atoms with Gasteiger partial charge >= 0.3 is 0 Å². The summed E-state index contributed by atoms with van der Waals surface area (Å²) in [6, 6.07) is -9.56. The van der Waals surface area contributed by atoms with Gasteiger partial charge in [-0.15, -0.1) is 0 Å². The number of aliphatic hydroxyl groups excluding tert-OH is 1. The number of rotatable bonds is 19. The molecule has 0 radical (unpaired) electrons. The van der Waals surface area contributed by atoms with Gasteiger partial charge in [-0.2, -0.15) is 0 Å². The average molecular weight is 1340 g/mol. The predicted molar refractivity (Wildman–Crippen MR) is 374 cm³/mol. The molecule has 0 aromatic rings. The van der Waals surface area contributed by atoms with E-state index in [0.717, 1.165) is 50.6 Å². The van der Waals surface area contributed by atoms with Crippen LogP contribution < -0.4 is 5.32 Å². The van der Waals surface area contributed by atoms with Gasteiger partial charge in [0.1, 0.15) is 42.0 Å². The molecule has 0 aliphatic carbocycles. The van der Waals surface area contributed by atoms with Gasteiger partial charge in [-0.3, -0.25) is 52.7 Å². The van der Waals surface area contributed by atoms with E-state index < -0.39 is 143 Å². The maximum absolute atomic E-state index is 15.3. The number of hydrogen-bond acceptors (Lipinski definition) is 14. The predicted octanol–water partition coefficient (Wildman–Crippen LogP) is 6.94. The lowest BCUT2D eigenvalue weighted by Gasteiger charge is -2.41. The fourth-order valence-corrected chi connectivity index (χ4v) is 13.7. The number of Topliss-reactive ketones (excluding diaryl/α,β-unsaturated/α-hetero) is 3. The van der Waals surface area contributed by atoms with Gasteiger partial charge in [0, 0.05) is 113 Å². The van der Waals surface area contributed by atoms with E-state index >= 15 is 33.6 Å². The van der Waals surface area contributed by atoms with E-state index in [1.165, 1.54) is 71.7 Å². The van der Waals surface area contributed by atoms with Crippen LogP contribution in [0.3, 0.4) is 0 Å². The summed E-state index contributed by atoms with van der Waals surface area (Å²) in [5.74, 6) is -10.9. The van der Waals surface area contributed by atoms with E-state index in [-0.39, 0.29) is 80.0 Å². The number of amides is 8. The standard InChI is InChI=1S/C73H130N10O12/c1-26-29-31-50(15)65(87)64-66(88)74-55(27-2)70(92)75(19)53(18)68(90)80(24)63(49(14)32-30-33-83-36-34-82(28-3)35-37-83)61(86)43-54(47(10)11)69(91)76(20)56(38-44(4)5)60(85)41-51(16)59(84)42-52(17)67(89)77(21)57(39-45(6)7)71(93)78(22)58(40-46(8)9)72(94)79(23)62(48(12)13)73(95)81(64)25/h26,29,44-58,62-65,87H,27-28,30-43H2,1-25H3,(H,74,88)/b29-26+/t49-,50-,51-,52+,53-,54+,55+,56+,57+,58+,62+,63?,64+,65-/m1/s1. The lowest BCUT2D eigenvalue weighted by molar-refractivity contribution is -0.157. The maximum atomic E-state index is 15.3. The molecule has 22 heteroatoms. The summed E-state index contributed by atoms with van der Waals surface area (Å²) >= 11 is 0. The van der Waals surface area contributed by atoms with E-state index in [4.69, 9.17) is 0 Å². The molecule has 8 amide bonds. The highest BCUT2D eigenvalue weighted by molar-refractivity contribution is 6.00. The van der Waals surface area contributed by atoms with Crippen molar-refractivity contribution in [3.63, 3.8) is 0 Å². The Morgan fingerprint density at radius 2 is 0.947 bits per heavy atom. The van der Waals surface area contributed by atoms with Crippen LogP contribution in [-0.4, -0.2) is 257 Å². The zero-order valence-electron chi connectivity index (χ0n) is 63.4. The quantitative estimate of drug-likeness (QED) is 0.124. The molecule has 0 aromatic carbocycles. The number of nitrogens with zero attached hydrogens (tertiary/aromatic N) is 9. The smallest absolute Gasteiger partial charge is 0.246 e. The fourth-order valence-electron chi connectivity index (χ4n) is 13.7. The molecule has 0 bridgehead atoms. The van der Waals surface area contributed by atoms with Crippen LogP contribution >= 0.6 is 0 Å². The number of aliphatic hydroxyl groups is 1. The van der Waals surface area contributed by atoms with Crippen LogP contribution in [0.25, 0.3) is 0 Å². The number of nitrogens with one attached hydrogen (secondary N) is 1. The van der Waals surface area contributed by atoms with Crippen LogP contribution in [0, 0.1) is 59.2 Å². The Balaban J connectivity index is 3.03. The highest BCUT2D eigenvalue weighted by atomic mass is 16.3. The van der Waals surface area contributed by atoms with E-state index in [9.17, 15) is 24.3 Å². The molecule has 2 fully saturated rings. The topological polar surface area (TPSA) is 249 Å². The van der Waals surface area contributed by atoms with Gasteiger partial charge in [0.25, 0.3) is 0 Å². The van der Waals surface area contributed by atoms with Crippen LogP contribution in [0.2, 0.25) is 0 Å². The Kier molecular flexibility index (Phi) is 35.7. The van der Waals surface area contributed by atoms with E-state index in [0.29, 0.717) is 12.8 Å². The molecule has 2 rings (SSSR count). The van der Waals surface area contributed by atoms with Crippen molar-refractivity contribution in [3.8, 4) is 0 Å². The lowest BCUT2D eigenvalue weighted by atomic mass is 9.82. The molecule has 2 aliphatic heterocycles. The van der Waals surface area contributed by atoms with Gasteiger partial charge in [-0.1, -0.05) is 123 Å². The van der Waals surface area contributed by atoms with E-state index in [2.05, 4.69) is 22.0 Å². The molecule has 0 aromatic heterocycles. The summed E-state index contributed by atoms with van der Waals surface area (Å²) in [4.78, 5) is 178. The molecule has 2 heterocycles. The van der Waals surface area contributed by atoms with Gasteiger partial charge in [0.2, 0.25) is 47.3 Å². The fraction of sp³-hybridized carbons (Fsp3) is 0.822. The van der Waals surface area contributed by atoms with Crippen LogP contribution in [0.15, 0.2) is 12.2 Å². The van der Waals surface area contributed by atoms with Gasteiger partial charge in [0.15, 0.2) is 11.6 Å². The number of ketones is 3. The van der Waals surface area contributed by atoms with Crippen molar-refractivity contribution in [2.75, 3.05) is 88.6 Å². The Morgan fingerprint density at radius 1 is 0.484 bits per heavy atom. The van der Waals surface area contributed by atoms with E-state index in [1.807, 2.05) is 75.3 Å². The first kappa shape index (κ1) is 85.5. The molecule has 95 heavy (non-hydrogen) atoms. The van der Waals surface area contributed by atoms with Crippen molar-refractivity contribution in [3.05, 3.63) is 12.2 Å². The molecule has 2 saturated heterocycles. The average Bonchev–Trinajstić information content (AvgIpc) is 0.810. The molecule has 0 spiro atoms. The third-order valence-corrected chi connectivity index (χ3v) is 20.3.